The Morgan fingerprint density at radius 3 is 2.95 bits per heavy atom. The smallest absolute Gasteiger partial charge is 0.191 e. The molecular weight excluding hydrogens is 258 g/mol. The molecule has 2 heterocycles. The Bertz CT molecular complexity index is 587. The van der Waals surface area contributed by atoms with Gasteiger partial charge in [0.2, 0.25) is 0 Å². The Hall–Kier alpha value is -1.62. The van der Waals surface area contributed by atoms with Crippen molar-refractivity contribution >= 4 is 28.7 Å². The standard InChI is InChI=1S/C14H17N3OS/c15-14(17-5-7-19-8-6-17)16-9-11-10-18-13-4-2-1-3-12(11)13/h1-4,10H,5-9H2,(H2,15,16). The molecule has 3 rings (SSSR count). The Kier molecular flexibility index (Phi) is 3.64. The first kappa shape index (κ1) is 12.4. The second-order valence-electron chi connectivity index (χ2n) is 4.53. The van der Waals surface area contributed by atoms with E-state index in [1.807, 2.05) is 30.0 Å². The van der Waals surface area contributed by atoms with Gasteiger partial charge in [-0.1, -0.05) is 18.2 Å². The monoisotopic (exact) mass is 275 g/mol. The summed E-state index contributed by atoms with van der Waals surface area (Å²) in [7, 11) is 0. The molecular formula is C14H17N3OS. The van der Waals surface area contributed by atoms with Crippen molar-refractivity contribution in [1.82, 2.24) is 4.90 Å². The highest BCUT2D eigenvalue weighted by molar-refractivity contribution is 7.99. The van der Waals surface area contributed by atoms with Gasteiger partial charge in [0.1, 0.15) is 5.58 Å². The minimum absolute atomic E-state index is 0.576. The number of para-hydroxylation sites is 1. The van der Waals surface area contributed by atoms with Gasteiger partial charge in [0, 0.05) is 35.5 Å². The molecule has 0 aliphatic carbocycles. The zero-order chi connectivity index (χ0) is 13.1. The fourth-order valence-corrected chi connectivity index (χ4v) is 3.12. The number of thioether (sulfide) groups is 1. The van der Waals surface area contributed by atoms with Crippen LogP contribution in [0.5, 0.6) is 0 Å². The van der Waals surface area contributed by atoms with Crippen molar-refractivity contribution in [3.63, 3.8) is 0 Å². The van der Waals surface area contributed by atoms with Gasteiger partial charge >= 0.3 is 0 Å². The molecule has 1 aromatic carbocycles. The van der Waals surface area contributed by atoms with E-state index in [1.54, 1.807) is 6.26 Å². The summed E-state index contributed by atoms with van der Waals surface area (Å²) >= 11 is 1.97. The van der Waals surface area contributed by atoms with E-state index in [4.69, 9.17) is 10.2 Å². The second-order valence-corrected chi connectivity index (χ2v) is 5.76. The van der Waals surface area contributed by atoms with Gasteiger partial charge in [0.05, 0.1) is 12.8 Å². The third kappa shape index (κ3) is 2.71. The molecule has 0 atom stereocenters. The minimum atomic E-state index is 0.576. The molecule has 4 nitrogen and oxygen atoms in total. The van der Waals surface area contributed by atoms with Crippen molar-refractivity contribution in [3.8, 4) is 0 Å². The number of guanidine groups is 1. The first-order valence-electron chi connectivity index (χ1n) is 6.42. The van der Waals surface area contributed by atoms with E-state index >= 15 is 0 Å². The number of benzene rings is 1. The van der Waals surface area contributed by atoms with Gasteiger partial charge in [0.15, 0.2) is 5.96 Å². The van der Waals surface area contributed by atoms with E-state index in [9.17, 15) is 0 Å². The molecule has 19 heavy (non-hydrogen) atoms. The Labute approximate surface area is 116 Å². The largest absolute Gasteiger partial charge is 0.464 e. The molecule has 100 valence electrons. The summed E-state index contributed by atoms with van der Waals surface area (Å²) in [6.45, 7) is 2.56. The number of aliphatic imine (C=N–C) groups is 1. The lowest BCUT2D eigenvalue weighted by Crippen LogP contribution is -2.42. The van der Waals surface area contributed by atoms with E-state index in [0.29, 0.717) is 12.5 Å². The highest BCUT2D eigenvalue weighted by Gasteiger charge is 2.12. The molecule has 2 N–H and O–H groups in total. The topological polar surface area (TPSA) is 54.8 Å². The van der Waals surface area contributed by atoms with E-state index in [-0.39, 0.29) is 0 Å². The van der Waals surface area contributed by atoms with Crippen LogP contribution in [0.15, 0.2) is 39.9 Å². The number of rotatable bonds is 2. The molecule has 0 unspecified atom stereocenters. The van der Waals surface area contributed by atoms with E-state index < -0.39 is 0 Å². The molecule has 1 aliphatic rings. The summed E-state index contributed by atoms with van der Waals surface area (Å²) in [6, 6.07) is 8.00. The van der Waals surface area contributed by atoms with Gasteiger partial charge in [-0.15, -0.1) is 0 Å². The third-order valence-corrected chi connectivity index (χ3v) is 4.25. The van der Waals surface area contributed by atoms with E-state index in [0.717, 1.165) is 41.1 Å². The van der Waals surface area contributed by atoms with Crippen LogP contribution in [0.4, 0.5) is 0 Å². The maximum Gasteiger partial charge on any atom is 0.191 e. The van der Waals surface area contributed by atoms with Crippen molar-refractivity contribution in [2.75, 3.05) is 24.6 Å². The quantitative estimate of drug-likeness (QED) is 0.675. The molecule has 0 spiro atoms. The summed E-state index contributed by atoms with van der Waals surface area (Å²) < 4.78 is 5.50. The number of nitrogens with zero attached hydrogens (tertiary/aromatic N) is 2. The molecule has 0 saturated carbocycles. The van der Waals surface area contributed by atoms with Crippen LogP contribution in [0.1, 0.15) is 5.56 Å². The Balaban J connectivity index is 1.74. The average Bonchev–Trinajstić information content (AvgIpc) is 2.89. The van der Waals surface area contributed by atoms with Gasteiger partial charge in [-0.05, 0) is 6.07 Å². The predicted molar refractivity (Wildman–Crippen MR) is 80.4 cm³/mol. The predicted octanol–water partition coefficient (Wildman–Crippen LogP) is 2.30. The number of furan rings is 1. The normalized spacial score (nSPS) is 17.1. The van der Waals surface area contributed by atoms with Crippen molar-refractivity contribution in [2.45, 2.75) is 6.54 Å². The fraction of sp³-hybridized carbons (Fsp3) is 0.357. The van der Waals surface area contributed by atoms with Crippen LogP contribution < -0.4 is 5.73 Å². The lowest BCUT2D eigenvalue weighted by Gasteiger charge is -2.27. The van der Waals surface area contributed by atoms with Crippen molar-refractivity contribution < 1.29 is 4.42 Å². The van der Waals surface area contributed by atoms with Crippen LogP contribution in [0.3, 0.4) is 0 Å². The summed E-state index contributed by atoms with van der Waals surface area (Å²) in [5.41, 5.74) is 8.04. The third-order valence-electron chi connectivity index (χ3n) is 3.31. The summed E-state index contributed by atoms with van der Waals surface area (Å²) in [5.74, 6) is 2.90. The maximum atomic E-state index is 6.05. The van der Waals surface area contributed by atoms with Crippen LogP contribution >= 0.6 is 11.8 Å². The summed E-state index contributed by atoms with van der Waals surface area (Å²) in [5, 5.41) is 1.12. The molecule has 0 amide bonds. The average molecular weight is 275 g/mol. The van der Waals surface area contributed by atoms with Gasteiger partial charge in [-0.25, -0.2) is 4.99 Å². The van der Waals surface area contributed by atoms with Crippen LogP contribution in [-0.4, -0.2) is 35.5 Å². The van der Waals surface area contributed by atoms with E-state index in [1.165, 1.54) is 0 Å². The highest BCUT2D eigenvalue weighted by atomic mass is 32.2. The zero-order valence-electron chi connectivity index (χ0n) is 10.7. The fourth-order valence-electron chi connectivity index (χ4n) is 2.21. The molecule has 1 aromatic heterocycles. The molecule has 1 saturated heterocycles. The van der Waals surface area contributed by atoms with Gasteiger partial charge < -0.3 is 15.1 Å². The number of nitrogens with two attached hydrogens (primary N) is 1. The molecule has 5 heteroatoms. The van der Waals surface area contributed by atoms with Crippen LogP contribution in [0, 0.1) is 0 Å². The van der Waals surface area contributed by atoms with Crippen molar-refractivity contribution in [3.05, 3.63) is 36.1 Å². The lowest BCUT2D eigenvalue weighted by molar-refractivity contribution is 0.455. The second kappa shape index (κ2) is 5.57. The van der Waals surface area contributed by atoms with Gasteiger partial charge in [-0.2, -0.15) is 11.8 Å². The van der Waals surface area contributed by atoms with Crippen LogP contribution in [-0.2, 0) is 6.54 Å². The van der Waals surface area contributed by atoms with Crippen molar-refractivity contribution in [2.24, 2.45) is 10.7 Å². The number of hydrogen-bond donors (Lipinski definition) is 1. The number of fused-ring (bicyclic) bond motifs is 1. The molecule has 0 bridgehead atoms. The molecule has 2 aromatic rings. The van der Waals surface area contributed by atoms with Crippen molar-refractivity contribution in [1.29, 1.82) is 0 Å². The highest BCUT2D eigenvalue weighted by Crippen LogP contribution is 2.21. The Morgan fingerprint density at radius 2 is 2.11 bits per heavy atom. The van der Waals surface area contributed by atoms with Gasteiger partial charge in [0.25, 0.3) is 0 Å². The molecule has 1 fully saturated rings. The first-order chi connectivity index (χ1) is 9.34. The Morgan fingerprint density at radius 1 is 1.32 bits per heavy atom. The van der Waals surface area contributed by atoms with Crippen LogP contribution in [0.2, 0.25) is 0 Å². The number of hydrogen-bond acceptors (Lipinski definition) is 3. The molecule has 1 aliphatic heterocycles. The lowest BCUT2D eigenvalue weighted by atomic mass is 10.2. The van der Waals surface area contributed by atoms with E-state index in [2.05, 4.69) is 16.0 Å². The maximum absolute atomic E-state index is 6.05. The summed E-state index contributed by atoms with van der Waals surface area (Å²) in [4.78, 5) is 6.64. The van der Waals surface area contributed by atoms with Gasteiger partial charge in [-0.3, -0.25) is 0 Å². The SMILES string of the molecule is NC(=NCc1coc2ccccc12)N1CCSCC1. The zero-order valence-corrected chi connectivity index (χ0v) is 11.5. The first-order valence-corrected chi connectivity index (χ1v) is 7.58. The van der Waals surface area contributed by atoms with Crippen LogP contribution in [0.25, 0.3) is 11.0 Å². The summed E-state index contributed by atoms with van der Waals surface area (Å²) in [6.07, 6.45) is 1.77. The molecule has 0 radical (unpaired) electrons. The minimum Gasteiger partial charge on any atom is -0.464 e.